The third kappa shape index (κ3) is 4.37. The molecule has 4 aromatic rings. The summed E-state index contributed by atoms with van der Waals surface area (Å²) in [7, 11) is 0. The molecule has 0 aliphatic carbocycles. The molecule has 0 unspecified atom stereocenters. The maximum atomic E-state index is 12.5. The number of rotatable bonds is 5. The Bertz CT molecular complexity index is 1250. The number of hydrogen-bond acceptors (Lipinski definition) is 6. The molecule has 0 aliphatic heterocycles. The SMILES string of the molecule is O=C(Cn1c(-c2ccc(Cl)cc2)n[nH]c1=S)Nc1cnc(-c2cccc(O)c2)nc1. The maximum absolute atomic E-state index is 12.5. The molecular formula is C20H15ClN6O2S. The van der Waals surface area contributed by atoms with Crippen LogP contribution in [0.2, 0.25) is 5.02 Å². The van der Waals surface area contributed by atoms with Crippen molar-refractivity contribution in [1.82, 2.24) is 24.7 Å². The first-order valence-corrected chi connectivity index (χ1v) is 9.60. The summed E-state index contributed by atoms with van der Waals surface area (Å²) < 4.78 is 1.92. The number of nitrogens with one attached hydrogen (secondary N) is 2. The zero-order valence-corrected chi connectivity index (χ0v) is 17.0. The minimum atomic E-state index is -0.309. The van der Waals surface area contributed by atoms with Crippen LogP contribution in [0.5, 0.6) is 5.75 Å². The lowest BCUT2D eigenvalue weighted by Gasteiger charge is -2.08. The molecule has 8 nitrogen and oxygen atoms in total. The molecule has 1 amide bonds. The largest absolute Gasteiger partial charge is 0.508 e. The van der Waals surface area contributed by atoms with Crippen molar-refractivity contribution in [2.45, 2.75) is 6.54 Å². The molecule has 2 heterocycles. The van der Waals surface area contributed by atoms with Crippen molar-refractivity contribution in [3.05, 3.63) is 70.7 Å². The first-order valence-electron chi connectivity index (χ1n) is 8.82. The van der Waals surface area contributed by atoms with Crippen LogP contribution < -0.4 is 5.32 Å². The van der Waals surface area contributed by atoms with Crippen molar-refractivity contribution in [2.24, 2.45) is 0 Å². The normalized spacial score (nSPS) is 10.7. The van der Waals surface area contributed by atoms with Crippen molar-refractivity contribution >= 4 is 35.4 Å². The fraction of sp³-hybridized carbons (Fsp3) is 0.0500. The Balaban J connectivity index is 1.49. The molecule has 150 valence electrons. The number of carbonyl (C=O) groups is 1. The number of phenolic OH excluding ortho intramolecular Hbond substituents is 1. The summed E-state index contributed by atoms with van der Waals surface area (Å²) in [5.41, 5.74) is 1.88. The number of hydrogen-bond donors (Lipinski definition) is 3. The highest BCUT2D eigenvalue weighted by molar-refractivity contribution is 7.71. The lowest BCUT2D eigenvalue weighted by molar-refractivity contribution is -0.116. The Morgan fingerprint density at radius 3 is 2.57 bits per heavy atom. The second-order valence-corrected chi connectivity index (χ2v) is 7.16. The molecule has 0 spiro atoms. The molecule has 2 aromatic heterocycles. The van der Waals surface area contributed by atoms with Gasteiger partial charge in [0.25, 0.3) is 0 Å². The maximum Gasteiger partial charge on any atom is 0.244 e. The van der Waals surface area contributed by atoms with Gasteiger partial charge in [-0.3, -0.25) is 14.5 Å². The number of aromatic hydroxyl groups is 1. The molecule has 0 fully saturated rings. The predicted octanol–water partition coefficient (Wildman–Crippen LogP) is 4.06. The van der Waals surface area contributed by atoms with E-state index in [0.717, 1.165) is 5.56 Å². The average Bonchev–Trinajstić information content (AvgIpc) is 3.09. The molecule has 0 saturated heterocycles. The second kappa shape index (κ2) is 8.44. The van der Waals surface area contributed by atoms with Crippen molar-refractivity contribution < 1.29 is 9.90 Å². The summed E-state index contributed by atoms with van der Waals surface area (Å²) >= 11 is 11.2. The summed E-state index contributed by atoms with van der Waals surface area (Å²) in [5.74, 6) is 0.784. The lowest BCUT2D eigenvalue weighted by atomic mass is 10.2. The van der Waals surface area contributed by atoms with E-state index in [9.17, 15) is 9.90 Å². The summed E-state index contributed by atoms with van der Waals surface area (Å²) in [6.45, 7) is -0.0401. The van der Waals surface area contributed by atoms with Gasteiger partial charge < -0.3 is 10.4 Å². The Labute approximate surface area is 181 Å². The van der Waals surface area contributed by atoms with Gasteiger partial charge in [-0.2, -0.15) is 5.10 Å². The van der Waals surface area contributed by atoms with E-state index in [-0.39, 0.29) is 18.2 Å². The van der Waals surface area contributed by atoms with Crippen LogP contribution in [-0.2, 0) is 11.3 Å². The van der Waals surface area contributed by atoms with E-state index in [1.54, 1.807) is 53.1 Å². The topological polar surface area (TPSA) is 109 Å². The van der Waals surface area contributed by atoms with E-state index in [0.29, 0.717) is 32.7 Å². The predicted molar refractivity (Wildman–Crippen MR) is 116 cm³/mol. The van der Waals surface area contributed by atoms with E-state index in [4.69, 9.17) is 23.8 Å². The highest BCUT2D eigenvalue weighted by atomic mass is 35.5. The standard InChI is InChI=1S/C20H15ClN6O2S/c21-14-6-4-12(5-7-14)19-25-26-20(30)27(19)11-17(29)24-15-9-22-18(23-10-15)13-2-1-3-16(28)8-13/h1-10,28H,11H2,(H,24,29)(H,26,30). The van der Waals surface area contributed by atoms with Crippen LogP contribution in [0.15, 0.2) is 60.9 Å². The number of nitrogens with zero attached hydrogens (tertiary/aromatic N) is 4. The highest BCUT2D eigenvalue weighted by Crippen LogP contribution is 2.21. The molecular weight excluding hydrogens is 424 g/mol. The number of amides is 1. The third-order valence-corrected chi connectivity index (χ3v) is 4.77. The van der Waals surface area contributed by atoms with E-state index >= 15 is 0 Å². The Hall–Kier alpha value is -3.56. The van der Waals surface area contributed by atoms with E-state index < -0.39 is 0 Å². The molecule has 0 atom stereocenters. The average molecular weight is 439 g/mol. The fourth-order valence-corrected chi connectivity index (χ4v) is 3.14. The van der Waals surface area contributed by atoms with Crippen LogP contribution in [0, 0.1) is 4.77 Å². The smallest absolute Gasteiger partial charge is 0.244 e. The molecule has 30 heavy (non-hydrogen) atoms. The number of carbonyl (C=O) groups excluding carboxylic acids is 1. The van der Waals surface area contributed by atoms with Crippen molar-refractivity contribution in [3.63, 3.8) is 0 Å². The zero-order chi connectivity index (χ0) is 21.1. The van der Waals surface area contributed by atoms with Gasteiger partial charge in [-0.05, 0) is 48.6 Å². The first-order chi connectivity index (χ1) is 14.5. The number of aromatic nitrogens is 5. The number of H-pyrrole nitrogens is 1. The van der Waals surface area contributed by atoms with Crippen molar-refractivity contribution in [2.75, 3.05) is 5.32 Å². The van der Waals surface area contributed by atoms with Gasteiger partial charge in [-0.25, -0.2) is 9.97 Å². The first kappa shape index (κ1) is 19.7. The van der Waals surface area contributed by atoms with Gasteiger partial charge in [0.05, 0.1) is 18.1 Å². The van der Waals surface area contributed by atoms with Crippen LogP contribution in [-0.4, -0.2) is 35.7 Å². The molecule has 4 rings (SSSR count). The van der Waals surface area contributed by atoms with Gasteiger partial charge in [0.1, 0.15) is 12.3 Å². The van der Waals surface area contributed by atoms with Crippen molar-refractivity contribution in [3.8, 4) is 28.5 Å². The molecule has 0 radical (unpaired) electrons. The van der Waals surface area contributed by atoms with Crippen LogP contribution in [0.4, 0.5) is 5.69 Å². The highest BCUT2D eigenvalue weighted by Gasteiger charge is 2.13. The lowest BCUT2D eigenvalue weighted by Crippen LogP contribution is -2.19. The number of aromatic amines is 1. The monoisotopic (exact) mass is 438 g/mol. The molecule has 0 saturated carbocycles. The van der Waals surface area contributed by atoms with Gasteiger partial charge in [0, 0.05) is 16.1 Å². The Kier molecular flexibility index (Phi) is 5.55. The zero-order valence-electron chi connectivity index (χ0n) is 15.4. The Morgan fingerprint density at radius 2 is 1.87 bits per heavy atom. The number of anilines is 1. The minimum absolute atomic E-state index is 0.0401. The van der Waals surface area contributed by atoms with Crippen LogP contribution in [0.25, 0.3) is 22.8 Å². The second-order valence-electron chi connectivity index (χ2n) is 6.34. The van der Waals surface area contributed by atoms with Gasteiger partial charge in [0.15, 0.2) is 16.4 Å². The molecule has 2 aromatic carbocycles. The van der Waals surface area contributed by atoms with Crippen LogP contribution in [0.3, 0.4) is 0 Å². The van der Waals surface area contributed by atoms with Crippen LogP contribution in [0.1, 0.15) is 0 Å². The van der Waals surface area contributed by atoms with Gasteiger partial charge >= 0.3 is 0 Å². The molecule has 10 heteroatoms. The van der Waals surface area contributed by atoms with Gasteiger partial charge in [-0.1, -0.05) is 23.7 Å². The third-order valence-electron chi connectivity index (χ3n) is 4.20. The van der Waals surface area contributed by atoms with E-state index in [1.807, 2.05) is 0 Å². The fourth-order valence-electron chi connectivity index (χ4n) is 2.81. The van der Waals surface area contributed by atoms with E-state index in [1.165, 1.54) is 12.4 Å². The molecule has 0 bridgehead atoms. The number of phenols is 1. The van der Waals surface area contributed by atoms with E-state index in [2.05, 4.69) is 25.5 Å². The summed E-state index contributed by atoms with van der Waals surface area (Å²) in [5, 5.41) is 19.8. The van der Waals surface area contributed by atoms with Crippen molar-refractivity contribution in [1.29, 1.82) is 0 Å². The summed E-state index contributed by atoms with van der Waals surface area (Å²) in [6, 6.07) is 13.7. The number of halogens is 1. The number of benzene rings is 2. The summed E-state index contributed by atoms with van der Waals surface area (Å²) in [6.07, 6.45) is 3.00. The van der Waals surface area contributed by atoms with Gasteiger partial charge in [0.2, 0.25) is 5.91 Å². The van der Waals surface area contributed by atoms with Gasteiger partial charge in [-0.15, -0.1) is 0 Å². The quantitative estimate of drug-likeness (QED) is 0.405. The minimum Gasteiger partial charge on any atom is -0.508 e. The Morgan fingerprint density at radius 1 is 1.13 bits per heavy atom. The molecule has 0 aliphatic rings. The van der Waals surface area contributed by atoms with Crippen LogP contribution >= 0.6 is 23.8 Å². The summed E-state index contributed by atoms with van der Waals surface area (Å²) in [4.78, 5) is 21.0. The molecule has 3 N–H and O–H groups in total.